The van der Waals surface area contributed by atoms with Gasteiger partial charge < -0.3 is 10.5 Å². The van der Waals surface area contributed by atoms with E-state index in [4.69, 9.17) is 10.5 Å². The Bertz CT molecular complexity index is 539. The van der Waals surface area contributed by atoms with Crippen molar-refractivity contribution >= 4 is 0 Å². The minimum Gasteiger partial charge on any atom is -0.372 e. The second kappa shape index (κ2) is 4.88. The maximum absolute atomic E-state index is 5.77. The van der Waals surface area contributed by atoms with Crippen LogP contribution in [-0.2, 0) is 11.2 Å². The first-order valence-electron chi connectivity index (χ1n) is 6.24. The van der Waals surface area contributed by atoms with Gasteiger partial charge in [-0.25, -0.2) is 0 Å². The van der Waals surface area contributed by atoms with Crippen molar-refractivity contribution < 1.29 is 4.74 Å². The molecule has 1 aliphatic rings. The van der Waals surface area contributed by atoms with Gasteiger partial charge in [0.25, 0.3) is 0 Å². The van der Waals surface area contributed by atoms with Gasteiger partial charge in [-0.1, -0.05) is 24.3 Å². The third-order valence-electron chi connectivity index (χ3n) is 3.42. The van der Waals surface area contributed by atoms with Gasteiger partial charge in [-0.15, -0.1) is 0 Å². The standard InChI is InChI=1S/C15H16N2O/c16-9-15-14-5-1-4-12(13(14)6-8-18-15)11-3-2-7-17-10-11/h1-5,7,10,15H,6,8-9,16H2. The van der Waals surface area contributed by atoms with Gasteiger partial charge in [-0.05, 0) is 29.2 Å². The van der Waals surface area contributed by atoms with Crippen molar-refractivity contribution in [2.24, 2.45) is 5.73 Å². The number of fused-ring (bicyclic) bond motifs is 1. The van der Waals surface area contributed by atoms with Crippen molar-refractivity contribution in [1.29, 1.82) is 0 Å². The molecule has 92 valence electrons. The average Bonchev–Trinajstić information content (AvgIpc) is 2.47. The lowest BCUT2D eigenvalue weighted by Gasteiger charge is -2.27. The number of pyridine rings is 1. The minimum absolute atomic E-state index is 0.0328. The Balaban J connectivity index is 2.12. The van der Waals surface area contributed by atoms with Crippen molar-refractivity contribution in [2.45, 2.75) is 12.5 Å². The monoisotopic (exact) mass is 240 g/mol. The topological polar surface area (TPSA) is 48.1 Å². The van der Waals surface area contributed by atoms with Crippen LogP contribution in [0.1, 0.15) is 17.2 Å². The van der Waals surface area contributed by atoms with Gasteiger partial charge in [0.15, 0.2) is 0 Å². The SMILES string of the molecule is NCC1OCCc2c(-c3cccnc3)cccc21. The summed E-state index contributed by atoms with van der Waals surface area (Å²) < 4.78 is 5.70. The Kier molecular flexibility index (Phi) is 3.09. The highest BCUT2D eigenvalue weighted by atomic mass is 16.5. The number of hydrogen-bond acceptors (Lipinski definition) is 3. The van der Waals surface area contributed by atoms with E-state index in [9.17, 15) is 0 Å². The van der Waals surface area contributed by atoms with E-state index in [-0.39, 0.29) is 6.10 Å². The van der Waals surface area contributed by atoms with E-state index >= 15 is 0 Å². The molecule has 2 heterocycles. The molecule has 2 N–H and O–H groups in total. The summed E-state index contributed by atoms with van der Waals surface area (Å²) in [6.07, 6.45) is 4.68. The number of hydrogen-bond donors (Lipinski definition) is 1. The fourth-order valence-electron chi connectivity index (χ4n) is 2.57. The molecule has 1 atom stereocenters. The van der Waals surface area contributed by atoms with Gasteiger partial charge in [0, 0.05) is 24.5 Å². The molecule has 0 bridgehead atoms. The summed E-state index contributed by atoms with van der Waals surface area (Å²) in [6.45, 7) is 1.27. The molecule has 1 unspecified atom stereocenters. The molecule has 0 saturated carbocycles. The highest BCUT2D eigenvalue weighted by Crippen LogP contribution is 2.33. The maximum atomic E-state index is 5.77. The number of aromatic nitrogens is 1. The predicted molar refractivity (Wildman–Crippen MR) is 71.1 cm³/mol. The van der Waals surface area contributed by atoms with Crippen molar-refractivity contribution in [1.82, 2.24) is 4.98 Å². The lowest BCUT2D eigenvalue weighted by molar-refractivity contribution is 0.0486. The second-order valence-corrected chi connectivity index (χ2v) is 4.46. The van der Waals surface area contributed by atoms with Crippen LogP contribution in [0.4, 0.5) is 0 Å². The third kappa shape index (κ3) is 1.92. The third-order valence-corrected chi connectivity index (χ3v) is 3.42. The highest BCUT2D eigenvalue weighted by Gasteiger charge is 2.21. The molecular formula is C15H16N2O. The first kappa shape index (κ1) is 11.4. The van der Waals surface area contributed by atoms with Crippen LogP contribution in [0.3, 0.4) is 0 Å². The van der Waals surface area contributed by atoms with E-state index < -0.39 is 0 Å². The fourth-order valence-corrected chi connectivity index (χ4v) is 2.57. The van der Waals surface area contributed by atoms with Crippen molar-refractivity contribution in [2.75, 3.05) is 13.2 Å². The summed E-state index contributed by atoms with van der Waals surface area (Å²) in [5.74, 6) is 0. The van der Waals surface area contributed by atoms with Gasteiger partial charge in [-0.3, -0.25) is 4.98 Å². The van der Waals surface area contributed by atoms with Crippen molar-refractivity contribution in [3.8, 4) is 11.1 Å². The Morgan fingerprint density at radius 2 is 2.22 bits per heavy atom. The maximum Gasteiger partial charge on any atom is 0.0950 e. The van der Waals surface area contributed by atoms with Crippen LogP contribution >= 0.6 is 0 Å². The smallest absolute Gasteiger partial charge is 0.0950 e. The quantitative estimate of drug-likeness (QED) is 0.876. The van der Waals surface area contributed by atoms with E-state index in [0.717, 1.165) is 18.6 Å². The average molecular weight is 240 g/mol. The summed E-state index contributed by atoms with van der Waals surface area (Å²) in [4.78, 5) is 4.19. The van der Waals surface area contributed by atoms with Crippen LogP contribution in [0.5, 0.6) is 0 Å². The second-order valence-electron chi connectivity index (χ2n) is 4.46. The minimum atomic E-state index is 0.0328. The first-order chi connectivity index (χ1) is 8.90. The van der Waals surface area contributed by atoms with E-state index in [1.165, 1.54) is 16.7 Å². The van der Waals surface area contributed by atoms with Gasteiger partial charge in [0.1, 0.15) is 0 Å². The molecule has 1 aliphatic heterocycles. The molecule has 18 heavy (non-hydrogen) atoms. The van der Waals surface area contributed by atoms with Crippen LogP contribution in [0.2, 0.25) is 0 Å². The summed E-state index contributed by atoms with van der Waals surface area (Å²) in [7, 11) is 0. The lowest BCUT2D eigenvalue weighted by Crippen LogP contribution is -2.23. The van der Waals surface area contributed by atoms with Gasteiger partial charge in [-0.2, -0.15) is 0 Å². The zero-order valence-electron chi connectivity index (χ0n) is 10.2. The Labute approximate surface area is 107 Å². The highest BCUT2D eigenvalue weighted by molar-refractivity contribution is 5.68. The number of nitrogens with two attached hydrogens (primary N) is 1. The molecule has 3 nitrogen and oxygen atoms in total. The number of ether oxygens (including phenoxy) is 1. The molecule has 0 amide bonds. The summed E-state index contributed by atoms with van der Waals surface area (Å²) in [6, 6.07) is 10.4. The van der Waals surface area contributed by atoms with E-state index in [0.29, 0.717) is 6.54 Å². The van der Waals surface area contributed by atoms with E-state index in [1.54, 1.807) is 6.20 Å². The van der Waals surface area contributed by atoms with Crippen molar-refractivity contribution in [3.63, 3.8) is 0 Å². The number of benzene rings is 1. The summed E-state index contributed by atoms with van der Waals surface area (Å²) in [5, 5.41) is 0. The van der Waals surface area contributed by atoms with Crippen LogP contribution in [0.15, 0.2) is 42.7 Å². The summed E-state index contributed by atoms with van der Waals surface area (Å²) >= 11 is 0. The molecule has 0 radical (unpaired) electrons. The predicted octanol–water partition coefficient (Wildman–Crippen LogP) is 2.32. The van der Waals surface area contributed by atoms with E-state index in [1.807, 2.05) is 12.3 Å². The molecule has 0 fully saturated rings. The Morgan fingerprint density at radius 3 is 3.00 bits per heavy atom. The molecule has 2 aromatic rings. The number of nitrogens with zero attached hydrogens (tertiary/aromatic N) is 1. The molecule has 3 heteroatoms. The van der Waals surface area contributed by atoms with Gasteiger partial charge >= 0.3 is 0 Å². The molecular weight excluding hydrogens is 224 g/mol. The molecule has 1 aromatic carbocycles. The molecule has 1 aromatic heterocycles. The number of rotatable bonds is 2. The van der Waals surface area contributed by atoms with Crippen LogP contribution in [-0.4, -0.2) is 18.1 Å². The Hall–Kier alpha value is -1.71. The van der Waals surface area contributed by atoms with Crippen LogP contribution in [0.25, 0.3) is 11.1 Å². The van der Waals surface area contributed by atoms with Crippen LogP contribution in [0, 0.1) is 0 Å². The zero-order chi connectivity index (χ0) is 12.4. The normalized spacial score (nSPS) is 18.4. The first-order valence-corrected chi connectivity index (χ1v) is 6.24. The van der Waals surface area contributed by atoms with Crippen LogP contribution < -0.4 is 5.73 Å². The van der Waals surface area contributed by atoms with E-state index in [2.05, 4.69) is 29.2 Å². The van der Waals surface area contributed by atoms with Crippen molar-refractivity contribution in [3.05, 3.63) is 53.9 Å². The Morgan fingerprint density at radius 1 is 1.28 bits per heavy atom. The lowest BCUT2D eigenvalue weighted by atomic mass is 9.90. The molecule has 3 rings (SSSR count). The van der Waals surface area contributed by atoms with Gasteiger partial charge in [0.05, 0.1) is 12.7 Å². The van der Waals surface area contributed by atoms with Gasteiger partial charge in [0.2, 0.25) is 0 Å². The molecule has 0 aliphatic carbocycles. The zero-order valence-corrected chi connectivity index (χ0v) is 10.2. The largest absolute Gasteiger partial charge is 0.372 e. The fraction of sp³-hybridized carbons (Fsp3) is 0.267. The molecule has 0 spiro atoms. The summed E-state index contributed by atoms with van der Waals surface area (Å²) in [5.41, 5.74) is 10.8. The molecule has 0 saturated heterocycles.